The van der Waals surface area contributed by atoms with Crippen LogP contribution in [-0.2, 0) is 0 Å². The molecule has 0 fully saturated rings. The van der Waals surface area contributed by atoms with Gasteiger partial charge in [0, 0.05) is 29.8 Å². The Morgan fingerprint density at radius 2 is 2.10 bits per heavy atom. The lowest BCUT2D eigenvalue weighted by molar-refractivity contribution is 0.208. The molecular formula is C15H19Cl2NO2. The van der Waals surface area contributed by atoms with Crippen LogP contribution in [0.5, 0.6) is 5.75 Å². The number of nitrogens with one attached hydrogen (secondary N) is 1. The van der Waals surface area contributed by atoms with E-state index < -0.39 is 0 Å². The Hall–Kier alpha value is -0.740. The first-order chi connectivity index (χ1) is 9.51. The van der Waals surface area contributed by atoms with Crippen molar-refractivity contribution in [3.63, 3.8) is 0 Å². The molecule has 0 saturated heterocycles. The third-order valence-electron chi connectivity index (χ3n) is 3.59. The molecule has 0 saturated carbocycles. The Morgan fingerprint density at radius 3 is 2.80 bits per heavy atom. The van der Waals surface area contributed by atoms with E-state index in [1.165, 1.54) is 0 Å². The average molecular weight is 316 g/mol. The Morgan fingerprint density at radius 1 is 1.35 bits per heavy atom. The maximum Gasteiger partial charge on any atom is 0.145 e. The second-order valence-corrected chi connectivity index (χ2v) is 6.07. The molecule has 2 N–H and O–H groups in total. The van der Waals surface area contributed by atoms with Gasteiger partial charge in [0.1, 0.15) is 12.4 Å². The molecule has 5 heteroatoms. The Balaban J connectivity index is 2.06. The fourth-order valence-corrected chi connectivity index (χ4v) is 2.58. The van der Waals surface area contributed by atoms with Crippen LogP contribution in [-0.4, -0.2) is 30.9 Å². The fourth-order valence-electron chi connectivity index (χ4n) is 2.02. The summed E-state index contributed by atoms with van der Waals surface area (Å²) in [4.78, 5) is 0. The number of hydrogen-bond donors (Lipinski definition) is 2. The minimum absolute atomic E-state index is 0.178. The topological polar surface area (TPSA) is 41.5 Å². The van der Waals surface area contributed by atoms with Crippen molar-refractivity contribution in [1.29, 1.82) is 0 Å². The van der Waals surface area contributed by atoms with E-state index in [4.69, 9.17) is 33.0 Å². The van der Waals surface area contributed by atoms with Gasteiger partial charge in [-0.3, -0.25) is 0 Å². The van der Waals surface area contributed by atoms with Crippen LogP contribution in [0.3, 0.4) is 0 Å². The SMILES string of the molecule is CC(CO)C(C)NCC1=Cc2cc(Cl)cc(Cl)c2OC1. The van der Waals surface area contributed by atoms with Gasteiger partial charge in [-0.2, -0.15) is 0 Å². The molecule has 20 heavy (non-hydrogen) atoms. The highest BCUT2D eigenvalue weighted by Gasteiger charge is 2.17. The fraction of sp³-hybridized carbons (Fsp3) is 0.467. The molecule has 0 aliphatic carbocycles. The third-order valence-corrected chi connectivity index (χ3v) is 4.09. The van der Waals surface area contributed by atoms with Crippen molar-refractivity contribution in [3.8, 4) is 5.75 Å². The number of ether oxygens (including phenoxy) is 1. The van der Waals surface area contributed by atoms with E-state index in [2.05, 4.69) is 18.3 Å². The lowest BCUT2D eigenvalue weighted by Gasteiger charge is -2.23. The minimum atomic E-state index is 0.178. The van der Waals surface area contributed by atoms with Crippen molar-refractivity contribution >= 4 is 29.3 Å². The van der Waals surface area contributed by atoms with Crippen LogP contribution in [0.4, 0.5) is 0 Å². The molecule has 0 bridgehead atoms. The number of fused-ring (bicyclic) bond motifs is 1. The molecule has 0 amide bonds. The number of aliphatic hydroxyl groups is 1. The highest BCUT2D eigenvalue weighted by atomic mass is 35.5. The second kappa shape index (κ2) is 6.81. The smallest absolute Gasteiger partial charge is 0.145 e. The monoisotopic (exact) mass is 315 g/mol. The zero-order chi connectivity index (χ0) is 14.7. The van der Waals surface area contributed by atoms with Crippen LogP contribution in [0.25, 0.3) is 6.08 Å². The van der Waals surface area contributed by atoms with Gasteiger partial charge in [-0.15, -0.1) is 0 Å². The first kappa shape index (κ1) is 15.6. The lowest BCUT2D eigenvalue weighted by atomic mass is 10.0. The summed E-state index contributed by atoms with van der Waals surface area (Å²) >= 11 is 12.1. The van der Waals surface area contributed by atoms with Crippen molar-refractivity contribution < 1.29 is 9.84 Å². The molecule has 1 heterocycles. The number of rotatable bonds is 5. The Kier molecular flexibility index (Phi) is 5.33. The molecule has 2 unspecified atom stereocenters. The molecule has 1 aromatic carbocycles. The highest BCUT2D eigenvalue weighted by Crippen LogP contribution is 2.36. The maximum absolute atomic E-state index is 9.12. The van der Waals surface area contributed by atoms with E-state index >= 15 is 0 Å². The normalized spacial score (nSPS) is 16.9. The van der Waals surface area contributed by atoms with Gasteiger partial charge in [0.2, 0.25) is 0 Å². The van der Waals surface area contributed by atoms with Crippen molar-refractivity contribution in [2.24, 2.45) is 5.92 Å². The Bertz CT molecular complexity index is 517. The second-order valence-electron chi connectivity index (χ2n) is 5.23. The van der Waals surface area contributed by atoms with Crippen LogP contribution in [0.2, 0.25) is 10.0 Å². The van der Waals surface area contributed by atoms with Gasteiger partial charge in [-0.25, -0.2) is 0 Å². The van der Waals surface area contributed by atoms with E-state index in [-0.39, 0.29) is 18.6 Å². The van der Waals surface area contributed by atoms with Gasteiger partial charge in [-0.05, 0) is 36.6 Å². The number of hydrogen-bond acceptors (Lipinski definition) is 3. The minimum Gasteiger partial charge on any atom is -0.487 e. The summed E-state index contributed by atoms with van der Waals surface area (Å²) in [5, 5.41) is 13.7. The average Bonchev–Trinajstić information content (AvgIpc) is 2.43. The zero-order valence-electron chi connectivity index (χ0n) is 11.6. The van der Waals surface area contributed by atoms with Gasteiger partial charge in [-0.1, -0.05) is 30.1 Å². The summed E-state index contributed by atoms with van der Waals surface area (Å²) < 4.78 is 5.69. The summed E-state index contributed by atoms with van der Waals surface area (Å²) in [6.07, 6.45) is 2.06. The molecule has 1 aromatic rings. The van der Waals surface area contributed by atoms with Crippen molar-refractivity contribution in [3.05, 3.63) is 33.3 Å². The summed E-state index contributed by atoms with van der Waals surface area (Å²) in [5.74, 6) is 0.910. The van der Waals surface area contributed by atoms with Gasteiger partial charge in [0.05, 0.1) is 5.02 Å². The number of benzene rings is 1. The summed E-state index contributed by atoms with van der Waals surface area (Å²) in [5.41, 5.74) is 2.04. The van der Waals surface area contributed by atoms with E-state index in [0.29, 0.717) is 22.4 Å². The van der Waals surface area contributed by atoms with Crippen LogP contribution >= 0.6 is 23.2 Å². The van der Waals surface area contributed by atoms with Gasteiger partial charge >= 0.3 is 0 Å². The van der Waals surface area contributed by atoms with Crippen molar-refractivity contribution in [1.82, 2.24) is 5.32 Å². The zero-order valence-corrected chi connectivity index (χ0v) is 13.1. The predicted molar refractivity (Wildman–Crippen MR) is 83.6 cm³/mol. The van der Waals surface area contributed by atoms with Crippen LogP contribution in [0.1, 0.15) is 19.4 Å². The molecule has 1 aliphatic rings. The summed E-state index contributed by atoms with van der Waals surface area (Å²) in [6, 6.07) is 3.77. The standard InChI is InChI=1S/C15H19Cl2NO2/c1-9(7-19)10(2)18-6-11-3-12-4-13(16)5-14(17)15(12)20-8-11/h3-5,9-10,18-19H,6-8H2,1-2H3. The summed E-state index contributed by atoms with van der Waals surface area (Å²) in [7, 11) is 0. The van der Waals surface area contributed by atoms with E-state index in [1.54, 1.807) is 6.07 Å². The maximum atomic E-state index is 9.12. The summed E-state index contributed by atoms with van der Waals surface area (Å²) in [6.45, 7) is 5.49. The first-order valence-corrected chi connectivity index (χ1v) is 7.42. The van der Waals surface area contributed by atoms with Gasteiger partial charge in [0.15, 0.2) is 0 Å². The molecular weight excluding hydrogens is 297 g/mol. The van der Waals surface area contributed by atoms with E-state index in [9.17, 15) is 0 Å². The molecule has 2 rings (SSSR count). The third kappa shape index (κ3) is 3.67. The molecule has 1 aliphatic heterocycles. The predicted octanol–water partition coefficient (Wildman–Crippen LogP) is 3.38. The molecule has 2 atom stereocenters. The number of halogens is 2. The Labute approximate surface area is 129 Å². The molecule has 0 spiro atoms. The van der Waals surface area contributed by atoms with E-state index in [1.807, 2.05) is 13.0 Å². The van der Waals surface area contributed by atoms with E-state index in [0.717, 1.165) is 17.7 Å². The molecule has 110 valence electrons. The largest absolute Gasteiger partial charge is 0.487 e. The first-order valence-electron chi connectivity index (χ1n) is 6.66. The van der Waals surface area contributed by atoms with Gasteiger partial charge < -0.3 is 15.2 Å². The molecule has 0 aromatic heterocycles. The van der Waals surface area contributed by atoms with Crippen LogP contribution in [0, 0.1) is 5.92 Å². The highest BCUT2D eigenvalue weighted by molar-refractivity contribution is 6.36. The van der Waals surface area contributed by atoms with Crippen molar-refractivity contribution in [2.75, 3.05) is 19.8 Å². The quantitative estimate of drug-likeness (QED) is 0.875. The molecule has 3 nitrogen and oxygen atoms in total. The number of aliphatic hydroxyl groups excluding tert-OH is 1. The van der Waals surface area contributed by atoms with Crippen LogP contribution in [0.15, 0.2) is 17.7 Å². The van der Waals surface area contributed by atoms with Crippen molar-refractivity contribution in [2.45, 2.75) is 19.9 Å². The lowest BCUT2D eigenvalue weighted by Crippen LogP contribution is -2.36. The van der Waals surface area contributed by atoms with Gasteiger partial charge in [0.25, 0.3) is 0 Å². The van der Waals surface area contributed by atoms with Crippen LogP contribution < -0.4 is 10.1 Å². The molecule has 0 radical (unpaired) electrons.